The maximum atomic E-state index is 13.3. The summed E-state index contributed by atoms with van der Waals surface area (Å²) in [7, 11) is 0. The van der Waals surface area contributed by atoms with Gasteiger partial charge in [0.05, 0.1) is 5.41 Å². The molecule has 1 fully saturated rings. The van der Waals surface area contributed by atoms with Crippen molar-refractivity contribution in [2.45, 2.75) is 33.2 Å². The molecule has 1 aliphatic heterocycles. The van der Waals surface area contributed by atoms with E-state index in [0.717, 1.165) is 16.7 Å². The Morgan fingerprint density at radius 1 is 1.09 bits per heavy atom. The summed E-state index contributed by atoms with van der Waals surface area (Å²) < 4.78 is 15.1. The van der Waals surface area contributed by atoms with Crippen molar-refractivity contribution < 1.29 is 14.0 Å². The maximum absolute atomic E-state index is 13.3. The summed E-state index contributed by atoms with van der Waals surface area (Å²) in [6.07, 6.45) is 2.89. The zero-order valence-corrected chi connectivity index (χ0v) is 19.1. The number of carbonyl (C=O) groups excluding carboxylic acids is 2. The van der Waals surface area contributed by atoms with Crippen molar-refractivity contribution in [1.29, 1.82) is 0 Å². The van der Waals surface area contributed by atoms with Crippen molar-refractivity contribution in [2.24, 2.45) is 5.41 Å². The van der Waals surface area contributed by atoms with Gasteiger partial charge in [0.2, 0.25) is 5.91 Å². The summed E-state index contributed by atoms with van der Waals surface area (Å²) in [5.41, 5.74) is 2.59. The Hall–Kier alpha value is -3.48. The number of carbonyl (C=O) groups is 2. The average Bonchev–Trinajstić information content (AvgIpc) is 3.48. The molecular weight excluding hydrogens is 419 g/mol. The van der Waals surface area contributed by atoms with Crippen LogP contribution in [0.2, 0.25) is 0 Å². The smallest absolute Gasteiger partial charge is 0.274 e. The van der Waals surface area contributed by atoms with Gasteiger partial charge >= 0.3 is 0 Å². The van der Waals surface area contributed by atoms with Crippen LogP contribution in [-0.4, -0.2) is 46.1 Å². The summed E-state index contributed by atoms with van der Waals surface area (Å²) in [5, 5.41) is 7.31. The largest absolute Gasteiger partial charge is 0.356 e. The molecule has 0 bridgehead atoms. The van der Waals surface area contributed by atoms with Gasteiger partial charge in [-0.1, -0.05) is 36.4 Å². The van der Waals surface area contributed by atoms with Crippen molar-refractivity contribution in [2.75, 3.05) is 19.6 Å². The zero-order valence-electron chi connectivity index (χ0n) is 19.1. The highest BCUT2D eigenvalue weighted by Gasteiger charge is 2.46. The molecule has 1 saturated heterocycles. The maximum Gasteiger partial charge on any atom is 0.274 e. The van der Waals surface area contributed by atoms with E-state index in [2.05, 4.69) is 10.4 Å². The lowest BCUT2D eigenvalue weighted by Gasteiger charge is -2.28. The minimum Gasteiger partial charge on any atom is -0.356 e. The van der Waals surface area contributed by atoms with Crippen LogP contribution in [0.4, 0.5) is 4.39 Å². The molecule has 6 nitrogen and oxygen atoms in total. The first kappa shape index (κ1) is 22.7. The number of benzene rings is 2. The Kier molecular flexibility index (Phi) is 6.58. The van der Waals surface area contributed by atoms with E-state index in [9.17, 15) is 14.0 Å². The lowest BCUT2D eigenvalue weighted by Crippen LogP contribution is -2.45. The van der Waals surface area contributed by atoms with Gasteiger partial charge in [0.25, 0.3) is 5.91 Å². The third-order valence-corrected chi connectivity index (χ3v) is 6.29. The van der Waals surface area contributed by atoms with Crippen molar-refractivity contribution in [3.05, 3.63) is 77.9 Å². The summed E-state index contributed by atoms with van der Waals surface area (Å²) >= 11 is 0. The van der Waals surface area contributed by atoms with Crippen molar-refractivity contribution in [1.82, 2.24) is 20.0 Å². The van der Waals surface area contributed by atoms with Crippen LogP contribution in [0.1, 0.15) is 36.3 Å². The number of nitrogens with zero attached hydrogens (tertiary/aromatic N) is 3. The molecule has 1 unspecified atom stereocenters. The lowest BCUT2D eigenvalue weighted by molar-refractivity contribution is -0.130. The van der Waals surface area contributed by atoms with Crippen LogP contribution >= 0.6 is 0 Å². The first-order valence-electron chi connectivity index (χ1n) is 11.4. The van der Waals surface area contributed by atoms with Crippen LogP contribution in [0, 0.1) is 11.2 Å². The Labute approximate surface area is 193 Å². The van der Waals surface area contributed by atoms with Crippen LogP contribution < -0.4 is 5.32 Å². The van der Waals surface area contributed by atoms with Crippen LogP contribution in [0.5, 0.6) is 0 Å². The third kappa shape index (κ3) is 4.82. The summed E-state index contributed by atoms with van der Waals surface area (Å²) in [4.78, 5) is 28.0. The highest BCUT2D eigenvalue weighted by atomic mass is 19.1. The van der Waals surface area contributed by atoms with Gasteiger partial charge in [0.15, 0.2) is 0 Å². The molecule has 3 aromatic rings. The zero-order chi connectivity index (χ0) is 23.4. The fraction of sp³-hybridized carbons (Fsp3) is 0.346. The van der Waals surface area contributed by atoms with E-state index in [-0.39, 0.29) is 17.6 Å². The van der Waals surface area contributed by atoms with E-state index in [4.69, 9.17) is 0 Å². The minimum atomic E-state index is -0.708. The van der Waals surface area contributed by atoms with Gasteiger partial charge in [-0.15, -0.1) is 0 Å². The second kappa shape index (κ2) is 9.57. The molecule has 0 radical (unpaired) electrons. The van der Waals surface area contributed by atoms with Gasteiger partial charge in [-0.3, -0.25) is 14.3 Å². The van der Waals surface area contributed by atoms with Crippen LogP contribution in [0.15, 0.2) is 60.8 Å². The van der Waals surface area contributed by atoms with Crippen LogP contribution in [0.25, 0.3) is 11.1 Å². The molecule has 33 heavy (non-hydrogen) atoms. The first-order chi connectivity index (χ1) is 15.9. The molecule has 2 aromatic carbocycles. The number of likely N-dealkylation sites (tertiary alicyclic amines) is 1. The molecule has 172 valence electrons. The number of amides is 2. The number of aryl methyl sites for hydroxylation is 1. The van der Waals surface area contributed by atoms with Crippen LogP contribution in [-0.2, 0) is 17.8 Å². The second-order valence-electron chi connectivity index (χ2n) is 8.56. The van der Waals surface area contributed by atoms with Gasteiger partial charge < -0.3 is 10.2 Å². The number of nitrogens with one attached hydrogen (secondary N) is 1. The molecule has 4 rings (SSSR count). The number of hydrogen-bond acceptors (Lipinski definition) is 3. The highest BCUT2D eigenvalue weighted by molar-refractivity contribution is 5.93. The molecule has 2 amide bonds. The third-order valence-electron chi connectivity index (χ3n) is 6.29. The Morgan fingerprint density at radius 2 is 1.88 bits per heavy atom. The topological polar surface area (TPSA) is 67.2 Å². The summed E-state index contributed by atoms with van der Waals surface area (Å²) in [6.45, 7) is 5.95. The van der Waals surface area contributed by atoms with E-state index < -0.39 is 5.41 Å². The van der Waals surface area contributed by atoms with Crippen molar-refractivity contribution in [3.63, 3.8) is 0 Å². The quantitative estimate of drug-likeness (QED) is 0.596. The van der Waals surface area contributed by atoms with Crippen LogP contribution in [0.3, 0.4) is 0 Å². The standard InChI is InChI=1S/C26H29FN4O2/c1-3-28-25(33)26(13-15-30(18-26)24(32)23-12-14-31(4-2)29-23)17-19-6-5-7-21(16-19)20-8-10-22(27)11-9-20/h5-12,14,16H,3-4,13,15,17-18H2,1-2H3,(H,28,33). The fourth-order valence-corrected chi connectivity index (χ4v) is 4.51. The molecule has 1 aromatic heterocycles. The van der Waals surface area contributed by atoms with E-state index in [1.165, 1.54) is 12.1 Å². The van der Waals surface area contributed by atoms with Gasteiger partial charge in [-0.25, -0.2) is 4.39 Å². The number of aromatic nitrogens is 2. The predicted molar refractivity (Wildman–Crippen MR) is 125 cm³/mol. The molecule has 0 saturated carbocycles. The molecule has 0 spiro atoms. The van der Waals surface area contributed by atoms with E-state index >= 15 is 0 Å². The average molecular weight is 449 g/mol. The number of halogens is 1. The van der Waals surface area contributed by atoms with Crippen molar-refractivity contribution in [3.8, 4) is 11.1 Å². The molecule has 2 heterocycles. The molecule has 1 N–H and O–H groups in total. The molecule has 7 heteroatoms. The SMILES string of the molecule is CCNC(=O)C1(Cc2cccc(-c3ccc(F)cc3)c2)CCN(C(=O)c2ccn(CC)n2)C1. The number of hydrogen-bond donors (Lipinski definition) is 1. The first-order valence-corrected chi connectivity index (χ1v) is 11.4. The minimum absolute atomic E-state index is 0.0356. The Morgan fingerprint density at radius 3 is 2.58 bits per heavy atom. The van der Waals surface area contributed by atoms with Gasteiger partial charge in [-0.2, -0.15) is 5.10 Å². The second-order valence-corrected chi connectivity index (χ2v) is 8.56. The van der Waals surface area contributed by atoms with E-state index in [0.29, 0.717) is 44.7 Å². The fourth-order valence-electron chi connectivity index (χ4n) is 4.51. The Bertz CT molecular complexity index is 1140. The predicted octanol–water partition coefficient (Wildman–Crippen LogP) is 3.92. The normalized spacial score (nSPS) is 17.8. The van der Waals surface area contributed by atoms with Gasteiger partial charge in [0.1, 0.15) is 11.5 Å². The monoisotopic (exact) mass is 448 g/mol. The molecular formula is C26H29FN4O2. The van der Waals surface area contributed by atoms with Gasteiger partial charge in [0, 0.05) is 32.4 Å². The van der Waals surface area contributed by atoms with Gasteiger partial charge in [-0.05, 0) is 61.6 Å². The molecule has 0 aliphatic carbocycles. The summed E-state index contributed by atoms with van der Waals surface area (Å²) in [5.74, 6) is -0.454. The lowest BCUT2D eigenvalue weighted by atomic mass is 9.79. The van der Waals surface area contributed by atoms with E-state index in [1.807, 2.05) is 38.1 Å². The van der Waals surface area contributed by atoms with Crippen molar-refractivity contribution >= 4 is 11.8 Å². The molecule has 1 atom stereocenters. The van der Waals surface area contributed by atoms with E-state index in [1.54, 1.807) is 34.0 Å². The summed E-state index contributed by atoms with van der Waals surface area (Å²) in [6, 6.07) is 16.1. The highest BCUT2D eigenvalue weighted by Crippen LogP contribution is 2.36. The molecule has 1 aliphatic rings. The number of rotatable bonds is 7. The Balaban J connectivity index is 1.58.